The molecule has 5 nitrogen and oxygen atoms in total. The maximum Gasteiger partial charge on any atom is 0.311 e. The molecule has 1 aliphatic carbocycles. The molecule has 20 heavy (non-hydrogen) atoms. The van der Waals surface area contributed by atoms with Gasteiger partial charge in [0.1, 0.15) is 12.1 Å². The molecule has 0 spiro atoms. The summed E-state index contributed by atoms with van der Waals surface area (Å²) in [6.45, 7) is 2.56. The van der Waals surface area contributed by atoms with Crippen LogP contribution >= 0.6 is 0 Å². The summed E-state index contributed by atoms with van der Waals surface area (Å²) in [5.74, 6) is 0.0437. The summed E-state index contributed by atoms with van der Waals surface area (Å²) >= 11 is 0. The van der Waals surface area contributed by atoms with Crippen LogP contribution in [0.3, 0.4) is 0 Å². The molecule has 0 aromatic carbocycles. The van der Waals surface area contributed by atoms with Crippen LogP contribution in [0.15, 0.2) is 12.4 Å². The first-order chi connectivity index (χ1) is 9.66. The highest BCUT2D eigenvalue weighted by molar-refractivity contribution is 5.75. The number of nitrogens with one attached hydrogen (secondary N) is 1. The molecule has 0 radical (unpaired) electrons. The minimum atomic E-state index is -0.687. The summed E-state index contributed by atoms with van der Waals surface area (Å²) in [6, 6.07) is 1.92. The zero-order valence-electron chi connectivity index (χ0n) is 12.1. The van der Waals surface area contributed by atoms with E-state index >= 15 is 0 Å². The third-order valence-electron chi connectivity index (χ3n) is 4.10. The van der Waals surface area contributed by atoms with E-state index in [0.717, 1.165) is 56.5 Å². The smallest absolute Gasteiger partial charge is 0.311 e. The zero-order valence-corrected chi connectivity index (χ0v) is 12.1. The number of aryl methyl sites for hydroxylation is 1. The lowest BCUT2D eigenvalue weighted by Crippen LogP contribution is -2.39. The number of hydrogen-bond donors (Lipinski definition) is 2. The van der Waals surface area contributed by atoms with Crippen molar-refractivity contribution < 1.29 is 9.90 Å². The number of hydrogen-bond acceptors (Lipinski definition) is 4. The lowest BCUT2D eigenvalue weighted by atomic mass is 9.74. The van der Waals surface area contributed by atoms with E-state index in [1.807, 2.05) is 6.07 Å². The summed E-state index contributed by atoms with van der Waals surface area (Å²) in [4.78, 5) is 20.0. The van der Waals surface area contributed by atoms with Gasteiger partial charge in [-0.1, -0.05) is 32.6 Å². The first kappa shape index (κ1) is 14.8. The number of anilines is 1. The zero-order chi connectivity index (χ0) is 14.4. The Balaban J connectivity index is 2.02. The fourth-order valence-corrected chi connectivity index (χ4v) is 2.84. The van der Waals surface area contributed by atoms with Gasteiger partial charge in [0.05, 0.1) is 5.41 Å². The Morgan fingerprint density at radius 1 is 1.35 bits per heavy atom. The summed E-state index contributed by atoms with van der Waals surface area (Å²) in [5.41, 5.74) is 0.367. The maximum atomic E-state index is 11.6. The van der Waals surface area contributed by atoms with Crippen LogP contribution in [0, 0.1) is 5.41 Å². The first-order valence-electron chi connectivity index (χ1n) is 7.44. The number of nitrogens with zero attached hydrogens (tertiary/aromatic N) is 2. The Labute approximate surface area is 119 Å². The van der Waals surface area contributed by atoms with E-state index in [1.54, 1.807) is 6.33 Å². The monoisotopic (exact) mass is 277 g/mol. The largest absolute Gasteiger partial charge is 0.481 e. The summed E-state index contributed by atoms with van der Waals surface area (Å²) in [6.07, 6.45) is 8.14. The van der Waals surface area contributed by atoms with E-state index in [0.29, 0.717) is 6.54 Å². The molecule has 2 N–H and O–H groups in total. The van der Waals surface area contributed by atoms with Crippen LogP contribution in [-0.2, 0) is 11.2 Å². The maximum absolute atomic E-state index is 11.6. The minimum absolute atomic E-state index is 0.449. The molecule has 1 aliphatic rings. The highest BCUT2D eigenvalue weighted by atomic mass is 16.4. The fraction of sp³-hybridized carbons (Fsp3) is 0.667. The van der Waals surface area contributed by atoms with E-state index in [2.05, 4.69) is 22.2 Å². The number of carbonyl (C=O) groups is 1. The lowest BCUT2D eigenvalue weighted by Gasteiger charge is -2.33. The van der Waals surface area contributed by atoms with Crippen LogP contribution in [0.25, 0.3) is 0 Å². The topological polar surface area (TPSA) is 75.1 Å². The fourth-order valence-electron chi connectivity index (χ4n) is 2.84. The first-order valence-corrected chi connectivity index (χ1v) is 7.44. The predicted molar refractivity (Wildman–Crippen MR) is 77.7 cm³/mol. The number of rotatable bonds is 6. The molecule has 0 bridgehead atoms. The molecule has 0 amide bonds. The van der Waals surface area contributed by atoms with Gasteiger partial charge in [-0.15, -0.1) is 0 Å². The second kappa shape index (κ2) is 6.68. The van der Waals surface area contributed by atoms with Crippen molar-refractivity contribution in [1.82, 2.24) is 9.97 Å². The Hall–Kier alpha value is -1.65. The molecule has 0 unspecified atom stereocenters. The summed E-state index contributed by atoms with van der Waals surface area (Å²) < 4.78 is 0. The van der Waals surface area contributed by atoms with Gasteiger partial charge in [-0.05, 0) is 19.3 Å². The van der Waals surface area contributed by atoms with Gasteiger partial charge in [-0.3, -0.25) is 4.79 Å². The van der Waals surface area contributed by atoms with E-state index < -0.39 is 11.4 Å². The number of carboxylic acids is 1. The minimum Gasteiger partial charge on any atom is -0.481 e. The molecule has 2 rings (SSSR count). The molecule has 1 aromatic heterocycles. The average molecular weight is 277 g/mol. The number of aromatic nitrogens is 2. The van der Waals surface area contributed by atoms with Crippen molar-refractivity contribution >= 4 is 11.8 Å². The van der Waals surface area contributed by atoms with Gasteiger partial charge >= 0.3 is 5.97 Å². The van der Waals surface area contributed by atoms with Gasteiger partial charge in [-0.2, -0.15) is 0 Å². The average Bonchev–Trinajstić information content (AvgIpc) is 2.47. The van der Waals surface area contributed by atoms with Crippen LogP contribution in [0.1, 0.15) is 51.1 Å². The van der Waals surface area contributed by atoms with Crippen LogP contribution in [0.2, 0.25) is 0 Å². The van der Waals surface area contributed by atoms with E-state index in [1.165, 1.54) is 0 Å². The molecule has 0 aliphatic heterocycles. The van der Waals surface area contributed by atoms with Crippen LogP contribution < -0.4 is 5.32 Å². The summed E-state index contributed by atoms with van der Waals surface area (Å²) in [7, 11) is 0. The Kier molecular flexibility index (Phi) is 4.93. The third kappa shape index (κ3) is 3.46. The second-order valence-corrected chi connectivity index (χ2v) is 5.64. The molecule has 0 saturated heterocycles. The molecule has 1 heterocycles. The van der Waals surface area contributed by atoms with Gasteiger partial charge < -0.3 is 10.4 Å². The molecule has 1 fully saturated rings. The van der Waals surface area contributed by atoms with E-state index in [9.17, 15) is 9.90 Å². The standard InChI is InChI=1S/C15H23N3O2/c1-2-6-12-9-13(18-11-17-12)16-10-15(14(19)20)7-4-3-5-8-15/h9,11H,2-8,10H2,1H3,(H,19,20)(H,16,17,18). The van der Waals surface area contributed by atoms with Gasteiger partial charge in [0, 0.05) is 18.3 Å². The third-order valence-corrected chi connectivity index (χ3v) is 4.10. The van der Waals surface area contributed by atoms with Crippen molar-refractivity contribution in [3.8, 4) is 0 Å². The van der Waals surface area contributed by atoms with Crippen LogP contribution in [0.5, 0.6) is 0 Å². The Morgan fingerprint density at radius 2 is 2.10 bits per heavy atom. The molecule has 5 heteroatoms. The van der Waals surface area contributed by atoms with Crippen molar-refractivity contribution in [2.45, 2.75) is 51.9 Å². The SMILES string of the molecule is CCCc1cc(NCC2(C(=O)O)CCCCC2)ncn1. The van der Waals surface area contributed by atoms with E-state index in [-0.39, 0.29) is 0 Å². The quantitative estimate of drug-likeness (QED) is 0.836. The van der Waals surface area contributed by atoms with Gasteiger partial charge in [0.15, 0.2) is 0 Å². The Bertz CT molecular complexity index is 456. The number of carboxylic acid groups (broad SMARTS) is 1. The second-order valence-electron chi connectivity index (χ2n) is 5.64. The van der Waals surface area contributed by atoms with Gasteiger partial charge in [0.25, 0.3) is 0 Å². The van der Waals surface area contributed by atoms with Crippen LogP contribution in [0.4, 0.5) is 5.82 Å². The highest BCUT2D eigenvalue weighted by Gasteiger charge is 2.39. The molecule has 110 valence electrons. The molecule has 1 saturated carbocycles. The van der Waals surface area contributed by atoms with Crippen molar-refractivity contribution in [3.63, 3.8) is 0 Å². The normalized spacial score (nSPS) is 17.6. The van der Waals surface area contributed by atoms with Crippen LogP contribution in [-0.4, -0.2) is 27.6 Å². The lowest BCUT2D eigenvalue weighted by molar-refractivity contribution is -0.150. The molecular formula is C15H23N3O2. The molecule has 1 aromatic rings. The van der Waals surface area contributed by atoms with Gasteiger partial charge in [-0.25, -0.2) is 9.97 Å². The predicted octanol–water partition coefficient (Wildman–Crippen LogP) is 2.88. The number of aliphatic carboxylic acids is 1. The highest BCUT2D eigenvalue weighted by Crippen LogP contribution is 2.36. The van der Waals surface area contributed by atoms with E-state index in [4.69, 9.17) is 0 Å². The van der Waals surface area contributed by atoms with Crippen molar-refractivity contribution in [3.05, 3.63) is 18.1 Å². The molecular weight excluding hydrogens is 254 g/mol. The van der Waals surface area contributed by atoms with Crippen molar-refractivity contribution in [2.75, 3.05) is 11.9 Å². The van der Waals surface area contributed by atoms with Crippen molar-refractivity contribution in [1.29, 1.82) is 0 Å². The van der Waals surface area contributed by atoms with Gasteiger partial charge in [0.2, 0.25) is 0 Å². The summed E-state index contributed by atoms with van der Waals surface area (Å²) in [5, 5.41) is 12.7. The molecule has 0 atom stereocenters. The van der Waals surface area contributed by atoms with Crippen molar-refractivity contribution in [2.24, 2.45) is 5.41 Å². The Morgan fingerprint density at radius 3 is 2.75 bits per heavy atom.